The molecule has 2 aliphatic heterocycles. The van der Waals surface area contributed by atoms with Crippen LogP contribution in [0.2, 0.25) is 0 Å². The highest BCUT2D eigenvalue weighted by atomic mass is 16.5. The summed E-state index contributed by atoms with van der Waals surface area (Å²) >= 11 is 0. The van der Waals surface area contributed by atoms with Gasteiger partial charge in [0, 0.05) is 33.7 Å². The van der Waals surface area contributed by atoms with E-state index in [-0.39, 0.29) is 0 Å². The molecule has 0 bridgehead atoms. The minimum atomic E-state index is -0.484. The summed E-state index contributed by atoms with van der Waals surface area (Å²) in [6, 6.07) is 60.1. The minimum Gasteiger partial charge on any atom is -0.456 e. The number of fused-ring (bicyclic) bond motifs is 11. The Labute approximate surface area is 415 Å². The fraction of sp³-hybridized carbons (Fsp3) is 0.125. The second kappa shape index (κ2) is 15.1. The molecule has 0 amide bonds. The molecule has 0 N–H and O–H groups in total. The number of anilines is 6. The Morgan fingerprint density at radius 3 is 1.39 bits per heavy atom. The predicted octanol–water partition coefficient (Wildman–Crippen LogP) is 18.7. The summed E-state index contributed by atoms with van der Waals surface area (Å²) < 4.78 is 27.0. The van der Waals surface area contributed by atoms with Gasteiger partial charge in [-0.3, -0.25) is 0 Å². The third-order valence-corrected chi connectivity index (χ3v) is 15.3. The lowest BCUT2D eigenvalue weighted by Gasteiger charge is -2.47. The Morgan fingerprint density at radius 1 is 0.458 bits per heavy atom. The van der Waals surface area contributed by atoms with Gasteiger partial charge in [-0.2, -0.15) is 5.26 Å². The molecule has 8 nitrogen and oxygen atoms in total. The van der Waals surface area contributed by atoms with E-state index in [1.165, 1.54) is 0 Å². The second-order valence-electron chi connectivity index (χ2n) is 20.5. The van der Waals surface area contributed by atoms with Gasteiger partial charge in [0.2, 0.25) is 5.69 Å². The van der Waals surface area contributed by atoms with E-state index in [0.29, 0.717) is 68.2 Å². The fourth-order valence-corrected chi connectivity index (χ4v) is 11.7. The van der Waals surface area contributed by atoms with Crippen LogP contribution in [0.15, 0.2) is 179 Å². The zero-order valence-electron chi connectivity index (χ0n) is 40.0. The summed E-state index contributed by atoms with van der Waals surface area (Å²) in [6.45, 7) is 18.4. The van der Waals surface area contributed by atoms with Gasteiger partial charge in [0.05, 0.1) is 46.3 Å². The molecular weight excluding hydrogens is 889 g/mol. The highest BCUT2D eigenvalue weighted by molar-refractivity contribution is 6.12. The van der Waals surface area contributed by atoms with Crippen LogP contribution in [-0.2, 0) is 10.8 Å². The first-order valence-corrected chi connectivity index (χ1v) is 24.4. The number of para-hydroxylation sites is 2. The van der Waals surface area contributed by atoms with Gasteiger partial charge in [-0.25, -0.2) is 4.85 Å². The summed E-state index contributed by atoms with van der Waals surface area (Å²) in [4.78, 5) is 8.93. The van der Waals surface area contributed by atoms with Crippen LogP contribution in [0.3, 0.4) is 0 Å². The van der Waals surface area contributed by atoms with Crippen molar-refractivity contribution in [1.29, 1.82) is 5.26 Å². The van der Waals surface area contributed by atoms with Crippen molar-refractivity contribution in [3.05, 3.63) is 198 Å². The molecule has 14 rings (SSSR count). The standard InChI is InChI=1S/C64H44N4O4/c1-63(2)28-29-64(3,4)59-58(63)60(66-5)62(68-47-27-25-40(38-18-10-7-11-19-38)31-55(47)72-57-35-53-44(33-49(57)68)42-21-13-15-23-51(42)70-53)45(36-65)61(59)67-46-26-24-39(37-16-8-6-9-17-37)30-54(46)71-56-34-52-43(32-48(56)67)41-20-12-14-22-50(41)69-52/h6-27,30-35H,28-29H2,1-4H3. The van der Waals surface area contributed by atoms with Crippen LogP contribution in [0, 0.1) is 17.9 Å². The van der Waals surface area contributed by atoms with Gasteiger partial charge in [0.1, 0.15) is 28.4 Å². The number of hydrogen-bond acceptors (Lipinski definition) is 7. The van der Waals surface area contributed by atoms with Crippen LogP contribution < -0.4 is 19.3 Å². The quantitative estimate of drug-likeness (QED) is 0.163. The molecule has 72 heavy (non-hydrogen) atoms. The number of rotatable bonds is 4. The Morgan fingerprint density at radius 2 is 0.903 bits per heavy atom. The van der Waals surface area contributed by atoms with Crippen molar-refractivity contribution in [1.82, 2.24) is 0 Å². The van der Waals surface area contributed by atoms with Crippen molar-refractivity contribution in [2.24, 2.45) is 0 Å². The van der Waals surface area contributed by atoms with Crippen molar-refractivity contribution >= 4 is 83.7 Å². The van der Waals surface area contributed by atoms with Crippen LogP contribution in [0.5, 0.6) is 23.0 Å². The van der Waals surface area contributed by atoms with Crippen LogP contribution in [-0.4, -0.2) is 0 Å². The van der Waals surface area contributed by atoms with Gasteiger partial charge in [-0.05, 0) is 106 Å². The molecule has 11 aromatic rings. The zero-order valence-corrected chi connectivity index (χ0v) is 40.0. The Bertz CT molecular complexity index is 4210. The molecular formula is C64H44N4O4. The van der Waals surface area contributed by atoms with Crippen LogP contribution in [0.1, 0.15) is 57.2 Å². The maximum atomic E-state index is 12.3. The first kappa shape index (κ1) is 41.7. The van der Waals surface area contributed by atoms with Crippen LogP contribution in [0.25, 0.3) is 71.0 Å². The van der Waals surface area contributed by atoms with Gasteiger partial charge in [-0.15, -0.1) is 0 Å². The lowest BCUT2D eigenvalue weighted by molar-refractivity contribution is 0.334. The molecule has 0 fully saturated rings. The third kappa shape index (κ3) is 6.03. The minimum absolute atomic E-state index is 0.358. The highest BCUT2D eigenvalue weighted by Crippen LogP contribution is 2.65. The maximum Gasteiger partial charge on any atom is 0.216 e. The van der Waals surface area contributed by atoms with Gasteiger partial charge < -0.3 is 28.1 Å². The second-order valence-corrected chi connectivity index (χ2v) is 20.5. The Hall–Kier alpha value is -9.24. The number of nitriles is 1. The number of benzene rings is 9. The van der Waals surface area contributed by atoms with E-state index in [2.05, 4.69) is 133 Å². The normalized spacial score (nSPS) is 14.9. The van der Waals surface area contributed by atoms with Crippen molar-refractivity contribution in [2.75, 3.05) is 9.80 Å². The van der Waals surface area contributed by atoms with Crippen molar-refractivity contribution < 1.29 is 18.3 Å². The summed E-state index contributed by atoms with van der Waals surface area (Å²) in [6.07, 6.45) is 1.66. The molecule has 344 valence electrons. The van der Waals surface area contributed by atoms with Crippen molar-refractivity contribution in [2.45, 2.75) is 51.4 Å². The molecule has 2 aromatic heterocycles. The zero-order chi connectivity index (χ0) is 48.6. The van der Waals surface area contributed by atoms with Gasteiger partial charge in [-0.1, -0.05) is 137 Å². The molecule has 1 aliphatic carbocycles. The van der Waals surface area contributed by atoms with E-state index in [4.69, 9.17) is 18.3 Å². The summed E-state index contributed by atoms with van der Waals surface area (Å²) in [5.74, 6) is 2.35. The average Bonchev–Trinajstić information content (AvgIpc) is 3.96. The highest BCUT2D eigenvalue weighted by Gasteiger charge is 2.47. The third-order valence-electron chi connectivity index (χ3n) is 15.3. The topological polar surface area (TPSA) is 79.4 Å². The summed E-state index contributed by atoms with van der Waals surface area (Å²) in [5.41, 5.74) is 12.8. The smallest absolute Gasteiger partial charge is 0.216 e. The Kier molecular flexibility index (Phi) is 8.76. The molecule has 4 heterocycles. The van der Waals surface area contributed by atoms with E-state index >= 15 is 0 Å². The summed E-state index contributed by atoms with van der Waals surface area (Å²) in [7, 11) is 0. The largest absolute Gasteiger partial charge is 0.456 e. The first-order chi connectivity index (χ1) is 35.1. The van der Waals surface area contributed by atoms with E-state index in [0.717, 1.165) is 90.3 Å². The number of ether oxygens (including phenoxy) is 2. The molecule has 9 aromatic carbocycles. The Balaban J connectivity index is 1.13. The van der Waals surface area contributed by atoms with E-state index in [1.807, 2.05) is 84.9 Å². The van der Waals surface area contributed by atoms with Crippen LogP contribution in [0.4, 0.5) is 39.8 Å². The SMILES string of the molecule is [C-]#[N+]c1c(N2c3ccc(-c4ccccc4)cc3Oc3cc4oc5ccccc5c4cc32)c(C#N)c(N2c3ccc(-c4ccccc4)cc3Oc3cc4oc5ccccc5c4cc32)c2c1C(C)(C)CCC2(C)C. The first-order valence-electron chi connectivity index (χ1n) is 24.4. The van der Waals surface area contributed by atoms with Gasteiger partial charge in [0.15, 0.2) is 23.0 Å². The summed E-state index contributed by atoms with van der Waals surface area (Å²) in [5, 5.41) is 16.1. The van der Waals surface area contributed by atoms with Crippen molar-refractivity contribution in [3.63, 3.8) is 0 Å². The molecule has 8 heteroatoms. The molecule has 0 saturated carbocycles. The molecule has 0 saturated heterocycles. The van der Waals surface area contributed by atoms with E-state index in [1.54, 1.807) is 0 Å². The monoisotopic (exact) mass is 932 g/mol. The number of hydrogen-bond donors (Lipinski definition) is 0. The molecule has 0 radical (unpaired) electrons. The maximum absolute atomic E-state index is 12.3. The molecule has 0 atom stereocenters. The lowest BCUT2D eigenvalue weighted by Crippen LogP contribution is -2.37. The molecule has 0 spiro atoms. The number of furan rings is 2. The van der Waals surface area contributed by atoms with Crippen molar-refractivity contribution in [3.8, 4) is 51.3 Å². The fourth-order valence-electron chi connectivity index (χ4n) is 11.7. The molecule has 0 unspecified atom stereocenters. The average molecular weight is 933 g/mol. The van der Waals surface area contributed by atoms with E-state index in [9.17, 15) is 11.8 Å². The van der Waals surface area contributed by atoms with Gasteiger partial charge in [0.25, 0.3) is 0 Å². The predicted molar refractivity (Wildman–Crippen MR) is 288 cm³/mol. The van der Waals surface area contributed by atoms with Gasteiger partial charge >= 0.3 is 0 Å². The van der Waals surface area contributed by atoms with Crippen LogP contribution >= 0.6 is 0 Å². The lowest BCUT2D eigenvalue weighted by atomic mass is 9.61. The van der Waals surface area contributed by atoms with E-state index < -0.39 is 10.8 Å². The molecule has 3 aliphatic rings. The number of nitrogens with zero attached hydrogens (tertiary/aromatic N) is 4.